The second-order valence-electron chi connectivity index (χ2n) is 8.32. The zero-order chi connectivity index (χ0) is 23.5. The molecule has 10 heteroatoms. The number of ether oxygens (including phenoxy) is 1. The fraction of sp³-hybridized carbons (Fsp3) is 0.391. The van der Waals surface area contributed by atoms with Crippen LogP contribution in [0, 0.1) is 5.82 Å². The minimum absolute atomic E-state index is 0.0563. The molecule has 3 N–H and O–H groups in total. The number of carbonyl (C=O) groups excluding carboxylic acids is 2. The second-order valence-corrected chi connectivity index (χ2v) is 8.76. The van der Waals surface area contributed by atoms with Gasteiger partial charge in [-0.1, -0.05) is 11.6 Å². The van der Waals surface area contributed by atoms with Gasteiger partial charge in [0.2, 0.25) is 5.91 Å². The molecular formula is C23H25ClFN5O3. The van der Waals surface area contributed by atoms with Crippen LogP contribution in [-0.2, 0) is 4.79 Å². The fourth-order valence-electron chi connectivity index (χ4n) is 4.21. The molecule has 4 rings (SSSR count). The molecule has 1 aromatic heterocycles. The predicted octanol–water partition coefficient (Wildman–Crippen LogP) is 2.92. The van der Waals surface area contributed by atoms with Gasteiger partial charge in [-0.15, -0.1) is 0 Å². The van der Waals surface area contributed by atoms with Crippen LogP contribution in [0.15, 0.2) is 36.3 Å². The first kappa shape index (κ1) is 23.0. The third-order valence-corrected chi connectivity index (χ3v) is 6.02. The molecule has 0 atom stereocenters. The van der Waals surface area contributed by atoms with Gasteiger partial charge < -0.3 is 20.7 Å². The van der Waals surface area contributed by atoms with Gasteiger partial charge in [0, 0.05) is 42.7 Å². The molecular weight excluding hydrogens is 449 g/mol. The molecule has 2 aromatic rings. The largest absolute Gasteiger partial charge is 0.489 e. The first-order valence-corrected chi connectivity index (χ1v) is 11.2. The highest BCUT2D eigenvalue weighted by Gasteiger charge is 2.30. The lowest BCUT2D eigenvalue weighted by molar-refractivity contribution is -0.120. The van der Waals surface area contributed by atoms with Crippen molar-refractivity contribution in [2.24, 2.45) is 5.73 Å². The van der Waals surface area contributed by atoms with Gasteiger partial charge >= 0.3 is 0 Å². The molecule has 174 valence electrons. The van der Waals surface area contributed by atoms with Crippen molar-refractivity contribution in [3.63, 3.8) is 0 Å². The van der Waals surface area contributed by atoms with Gasteiger partial charge in [-0.05, 0) is 37.8 Å². The summed E-state index contributed by atoms with van der Waals surface area (Å²) in [5.41, 5.74) is 7.58. The smallest absolute Gasteiger partial charge is 0.258 e. The number of aromatic nitrogens is 2. The lowest BCUT2D eigenvalue weighted by Gasteiger charge is -2.30. The van der Waals surface area contributed by atoms with Crippen LogP contribution in [0.2, 0.25) is 5.02 Å². The molecule has 33 heavy (non-hydrogen) atoms. The number of benzene rings is 1. The second kappa shape index (κ2) is 9.74. The number of halogens is 2. The van der Waals surface area contributed by atoms with Gasteiger partial charge in [0.25, 0.3) is 5.91 Å². The van der Waals surface area contributed by atoms with E-state index in [2.05, 4.69) is 15.3 Å². The van der Waals surface area contributed by atoms with E-state index in [1.807, 2.05) is 0 Å². The van der Waals surface area contributed by atoms with Crippen molar-refractivity contribution in [1.29, 1.82) is 0 Å². The number of nitrogens with one attached hydrogen (secondary N) is 1. The molecule has 0 saturated heterocycles. The van der Waals surface area contributed by atoms with E-state index in [0.717, 1.165) is 12.8 Å². The van der Waals surface area contributed by atoms with Crippen molar-refractivity contribution in [2.75, 3.05) is 13.1 Å². The van der Waals surface area contributed by atoms with Crippen LogP contribution in [0.5, 0.6) is 5.75 Å². The SMILES string of the molecule is CC(=O)NC1CCC(Oc2cc(F)ccc2C(=O)N2CC(N)=C(c3ncc(Cl)cn3)C2)CC1. The van der Waals surface area contributed by atoms with Gasteiger partial charge in [-0.25, -0.2) is 14.4 Å². The number of nitrogens with two attached hydrogens (primary N) is 1. The highest BCUT2D eigenvalue weighted by Crippen LogP contribution is 2.30. The molecule has 8 nitrogen and oxygen atoms in total. The van der Waals surface area contributed by atoms with E-state index in [1.165, 1.54) is 37.5 Å². The Morgan fingerprint density at radius 1 is 1.18 bits per heavy atom. The summed E-state index contributed by atoms with van der Waals surface area (Å²) in [7, 11) is 0. The molecule has 0 bridgehead atoms. The third kappa shape index (κ3) is 5.42. The number of rotatable bonds is 5. The van der Waals surface area contributed by atoms with Gasteiger partial charge in [-0.2, -0.15) is 0 Å². The lowest BCUT2D eigenvalue weighted by Crippen LogP contribution is -2.38. The topological polar surface area (TPSA) is 110 Å². The lowest BCUT2D eigenvalue weighted by atomic mass is 9.93. The van der Waals surface area contributed by atoms with Crippen molar-refractivity contribution in [2.45, 2.75) is 44.8 Å². The monoisotopic (exact) mass is 473 g/mol. The first-order chi connectivity index (χ1) is 15.8. The van der Waals surface area contributed by atoms with Crippen molar-refractivity contribution in [1.82, 2.24) is 20.2 Å². The number of nitrogens with zero attached hydrogens (tertiary/aromatic N) is 3. The molecule has 2 amide bonds. The van der Waals surface area contributed by atoms with E-state index in [9.17, 15) is 14.0 Å². The molecule has 1 saturated carbocycles. The average Bonchev–Trinajstić information content (AvgIpc) is 3.17. The Morgan fingerprint density at radius 3 is 2.55 bits per heavy atom. The van der Waals surface area contributed by atoms with Crippen molar-refractivity contribution in [3.8, 4) is 5.75 Å². The number of carbonyl (C=O) groups is 2. The maximum absolute atomic E-state index is 14.0. The van der Waals surface area contributed by atoms with Crippen LogP contribution >= 0.6 is 11.6 Å². The normalized spacial score (nSPS) is 20.6. The minimum Gasteiger partial charge on any atom is -0.489 e. The molecule has 2 heterocycles. The summed E-state index contributed by atoms with van der Waals surface area (Å²) in [6.45, 7) is 1.93. The van der Waals surface area contributed by atoms with E-state index < -0.39 is 5.82 Å². The van der Waals surface area contributed by atoms with Crippen molar-refractivity contribution >= 4 is 29.0 Å². The van der Waals surface area contributed by atoms with E-state index in [1.54, 1.807) is 4.90 Å². The van der Waals surface area contributed by atoms with Gasteiger partial charge in [0.15, 0.2) is 5.82 Å². The molecule has 1 aliphatic heterocycles. The molecule has 1 fully saturated rings. The Bertz CT molecular complexity index is 1080. The third-order valence-electron chi connectivity index (χ3n) is 5.82. The number of hydrogen-bond acceptors (Lipinski definition) is 6. The quantitative estimate of drug-likeness (QED) is 0.690. The molecule has 0 spiro atoms. The van der Waals surface area contributed by atoms with Gasteiger partial charge in [-0.3, -0.25) is 9.59 Å². The fourth-order valence-corrected chi connectivity index (χ4v) is 4.31. The van der Waals surface area contributed by atoms with Gasteiger partial charge in [0.1, 0.15) is 11.6 Å². The first-order valence-electron chi connectivity index (χ1n) is 10.8. The molecule has 0 radical (unpaired) electrons. The summed E-state index contributed by atoms with van der Waals surface area (Å²) < 4.78 is 20.1. The average molecular weight is 474 g/mol. The maximum atomic E-state index is 14.0. The maximum Gasteiger partial charge on any atom is 0.258 e. The van der Waals surface area contributed by atoms with Crippen LogP contribution in [-0.4, -0.2) is 51.9 Å². The van der Waals surface area contributed by atoms with Crippen LogP contribution in [0.3, 0.4) is 0 Å². The minimum atomic E-state index is -0.484. The van der Waals surface area contributed by atoms with Crippen LogP contribution in [0.4, 0.5) is 4.39 Å². The Morgan fingerprint density at radius 2 is 1.88 bits per heavy atom. The zero-order valence-corrected chi connectivity index (χ0v) is 18.9. The van der Waals surface area contributed by atoms with Crippen LogP contribution in [0.25, 0.3) is 5.57 Å². The van der Waals surface area contributed by atoms with Crippen LogP contribution < -0.4 is 15.8 Å². The predicted molar refractivity (Wildman–Crippen MR) is 121 cm³/mol. The summed E-state index contributed by atoms with van der Waals surface area (Å²) in [5.74, 6) is -0.234. The van der Waals surface area contributed by atoms with Crippen molar-refractivity contribution in [3.05, 3.63) is 58.5 Å². The number of amides is 2. The highest BCUT2D eigenvalue weighted by atomic mass is 35.5. The Kier molecular flexibility index (Phi) is 6.78. The Labute approximate surface area is 196 Å². The van der Waals surface area contributed by atoms with E-state index >= 15 is 0 Å². The van der Waals surface area contributed by atoms with Crippen LogP contribution in [0.1, 0.15) is 48.8 Å². The van der Waals surface area contributed by atoms with Gasteiger partial charge in [0.05, 0.1) is 29.8 Å². The highest BCUT2D eigenvalue weighted by molar-refractivity contribution is 6.30. The zero-order valence-electron chi connectivity index (χ0n) is 18.2. The summed E-state index contributed by atoms with van der Waals surface area (Å²) in [4.78, 5) is 34.5. The Balaban J connectivity index is 1.46. The van der Waals surface area contributed by atoms with E-state index in [0.29, 0.717) is 35.0 Å². The van der Waals surface area contributed by atoms with E-state index in [4.69, 9.17) is 22.1 Å². The summed E-state index contributed by atoms with van der Waals surface area (Å²) >= 11 is 5.85. The summed E-state index contributed by atoms with van der Waals surface area (Å²) in [5, 5.41) is 3.32. The molecule has 0 unspecified atom stereocenters. The molecule has 1 aliphatic carbocycles. The van der Waals surface area contributed by atoms with E-state index in [-0.39, 0.29) is 48.4 Å². The van der Waals surface area contributed by atoms with Crippen molar-refractivity contribution < 1.29 is 18.7 Å². The summed E-state index contributed by atoms with van der Waals surface area (Å²) in [6.07, 6.45) is 5.71. The number of hydrogen-bond donors (Lipinski definition) is 2. The summed E-state index contributed by atoms with van der Waals surface area (Å²) in [6, 6.07) is 4.03. The molecule has 2 aliphatic rings. The standard InChI is InChI=1S/C23H25ClFN5O3/c1-13(31)29-16-3-5-17(6-4-16)33-21-8-15(25)2-7-18(21)23(32)30-11-19(20(26)12-30)22-27-9-14(24)10-28-22/h2,7-10,16-17H,3-6,11-12,26H2,1H3,(H,29,31). The molecule has 1 aromatic carbocycles. The Hall–Kier alpha value is -3.20.